The molecule has 2 aliphatic rings. The van der Waals surface area contributed by atoms with Crippen LogP contribution in [0.3, 0.4) is 0 Å². The van der Waals surface area contributed by atoms with E-state index < -0.39 is 23.9 Å². The minimum atomic E-state index is -0.962. The van der Waals surface area contributed by atoms with Gasteiger partial charge in [-0.25, -0.2) is 4.79 Å². The molecule has 1 N–H and O–H groups in total. The number of carboxylic acids is 1. The second-order valence-electron chi connectivity index (χ2n) is 5.65. The smallest absolute Gasteiger partial charge is 0.326 e. The number of carboxylic acid groups (broad SMARTS) is 1. The highest BCUT2D eigenvalue weighted by molar-refractivity contribution is 5.90. The number of nitrogens with zero attached hydrogens (tertiary/aromatic N) is 1. The summed E-state index contributed by atoms with van der Waals surface area (Å²) in [6, 6.07) is -0.794. The van der Waals surface area contributed by atoms with E-state index >= 15 is 0 Å². The van der Waals surface area contributed by atoms with Gasteiger partial charge in [-0.2, -0.15) is 0 Å². The van der Waals surface area contributed by atoms with Crippen LogP contribution in [0.4, 0.5) is 0 Å². The molecule has 0 spiro atoms. The van der Waals surface area contributed by atoms with Crippen molar-refractivity contribution in [2.75, 3.05) is 13.7 Å². The number of aliphatic carboxylic acids is 1. The van der Waals surface area contributed by atoms with Crippen molar-refractivity contribution in [1.82, 2.24) is 4.90 Å². The Morgan fingerprint density at radius 1 is 1.30 bits per heavy atom. The normalized spacial score (nSPS) is 25.6. The maximum atomic E-state index is 12.0. The van der Waals surface area contributed by atoms with Crippen LogP contribution in [-0.4, -0.2) is 47.5 Å². The summed E-state index contributed by atoms with van der Waals surface area (Å²) < 4.78 is 4.65. The van der Waals surface area contributed by atoms with Crippen LogP contribution in [0.5, 0.6) is 0 Å². The lowest BCUT2D eigenvalue weighted by Gasteiger charge is -2.33. The van der Waals surface area contributed by atoms with E-state index in [1.165, 1.54) is 12.0 Å². The number of ether oxygens (including phenoxy) is 1. The molecule has 1 saturated carbocycles. The number of carbonyl (C=O) groups excluding carboxylic acids is 2. The Bertz CT molecular complexity index is 402. The Hall–Kier alpha value is -1.59. The summed E-state index contributed by atoms with van der Waals surface area (Å²) in [5.74, 6) is -2.18. The first-order valence-corrected chi connectivity index (χ1v) is 7.14. The molecule has 1 aliphatic carbocycles. The van der Waals surface area contributed by atoms with E-state index in [0.29, 0.717) is 0 Å². The molecule has 20 heavy (non-hydrogen) atoms. The maximum absolute atomic E-state index is 12.0. The van der Waals surface area contributed by atoms with Crippen molar-refractivity contribution < 1.29 is 24.2 Å². The first-order chi connectivity index (χ1) is 9.54. The molecule has 2 atom stereocenters. The van der Waals surface area contributed by atoms with Gasteiger partial charge >= 0.3 is 11.9 Å². The van der Waals surface area contributed by atoms with Crippen molar-refractivity contribution in [2.24, 2.45) is 11.8 Å². The quantitative estimate of drug-likeness (QED) is 0.779. The Labute approximate surface area is 118 Å². The van der Waals surface area contributed by atoms with E-state index in [1.807, 2.05) is 0 Å². The molecule has 2 rings (SSSR count). The molecule has 1 heterocycles. The number of hydrogen-bond acceptors (Lipinski definition) is 4. The molecule has 6 heteroatoms. The predicted octanol–water partition coefficient (Wildman–Crippen LogP) is 1.04. The molecule has 1 aliphatic heterocycles. The van der Waals surface area contributed by atoms with Gasteiger partial charge in [-0.15, -0.1) is 0 Å². The fraction of sp³-hybridized carbons (Fsp3) is 0.786. The summed E-state index contributed by atoms with van der Waals surface area (Å²) in [5, 5.41) is 9.48. The lowest BCUT2D eigenvalue weighted by molar-refractivity contribution is -0.151. The number of likely N-dealkylation sites (tertiary alicyclic amines) is 1. The van der Waals surface area contributed by atoms with Gasteiger partial charge in [0, 0.05) is 13.0 Å². The first kappa shape index (κ1) is 14.8. The average molecular weight is 283 g/mol. The predicted molar refractivity (Wildman–Crippen MR) is 69.8 cm³/mol. The van der Waals surface area contributed by atoms with Crippen LogP contribution < -0.4 is 0 Å². The van der Waals surface area contributed by atoms with Crippen LogP contribution in [-0.2, 0) is 19.1 Å². The van der Waals surface area contributed by atoms with Gasteiger partial charge in [0.25, 0.3) is 0 Å². The van der Waals surface area contributed by atoms with E-state index in [0.717, 1.165) is 32.1 Å². The van der Waals surface area contributed by atoms with Gasteiger partial charge in [0.15, 0.2) is 0 Å². The lowest BCUT2D eigenvalue weighted by Crippen LogP contribution is -2.47. The second-order valence-corrected chi connectivity index (χ2v) is 5.65. The fourth-order valence-electron chi connectivity index (χ4n) is 3.36. The zero-order valence-corrected chi connectivity index (χ0v) is 11.7. The van der Waals surface area contributed by atoms with Crippen LogP contribution in [0, 0.1) is 11.8 Å². The van der Waals surface area contributed by atoms with Crippen LogP contribution in [0.25, 0.3) is 0 Å². The Kier molecular flexibility index (Phi) is 4.62. The average Bonchev–Trinajstić information content (AvgIpc) is 2.81. The number of hydrogen-bond donors (Lipinski definition) is 1. The highest BCUT2D eigenvalue weighted by Crippen LogP contribution is 2.32. The van der Waals surface area contributed by atoms with E-state index in [-0.39, 0.29) is 24.8 Å². The molecule has 0 aromatic rings. The van der Waals surface area contributed by atoms with Crippen molar-refractivity contribution in [1.29, 1.82) is 0 Å². The van der Waals surface area contributed by atoms with Crippen molar-refractivity contribution in [3.63, 3.8) is 0 Å². The molecule has 112 valence electrons. The minimum absolute atomic E-state index is 0.00148. The Balaban J connectivity index is 2.11. The maximum Gasteiger partial charge on any atom is 0.326 e. The highest BCUT2D eigenvalue weighted by Gasteiger charge is 2.44. The topological polar surface area (TPSA) is 83.9 Å². The third-order valence-corrected chi connectivity index (χ3v) is 4.38. The third kappa shape index (κ3) is 2.94. The fourth-order valence-corrected chi connectivity index (χ4v) is 3.36. The summed E-state index contributed by atoms with van der Waals surface area (Å²) in [5.41, 5.74) is 0. The van der Waals surface area contributed by atoms with Crippen molar-refractivity contribution >= 4 is 17.8 Å². The van der Waals surface area contributed by atoms with Gasteiger partial charge in [-0.1, -0.05) is 19.3 Å². The van der Waals surface area contributed by atoms with E-state index in [4.69, 9.17) is 0 Å². The number of esters is 1. The molecule has 1 saturated heterocycles. The first-order valence-electron chi connectivity index (χ1n) is 7.14. The second kappa shape index (κ2) is 6.24. The summed E-state index contributed by atoms with van der Waals surface area (Å²) in [6.07, 6.45) is 4.88. The zero-order chi connectivity index (χ0) is 14.7. The molecular weight excluding hydrogens is 262 g/mol. The van der Waals surface area contributed by atoms with Gasteiger partial charge in [-0.05, 0) is 18.8 Å². The summed E-state index contributed by atoms with van der Waals surface area (Å²) in [6.45, 7) is 0.166. The third-order valence-electron chi connectivity index (χ3n) is 4.38. The SMILES string of the molecule is COC(=O)C1CC(=O)N(C(C(=O)O)C2CCCCC2)C1. The van der Waals surface area contributed by atoms with E-state index in [2.05, 4.69) is 4.74 Å². The monoisotopic (exact) mass is 283 g/mol. The lowest BCUT2D eigenvalue weighted by atomic mass is 9.83. The van der Waals surface area contributed by atoms with Crippen molar-refractivity contribution in [3.05, 3.63) is 0 Å². The van der Waals surface area contributed by atoms with Gasteiger partial charge in [-0.3, -0.25) is 9.59 Å². The van der Waals surface area contributed by atoms with Gasteiger partial charge in [0.05, 0.1) is 13.0 Å². The minimum Gasteiger partial charge on any atom is -0.480 e. The summed E-state index contributed by atoms with van der Waals surface area (Å²) >= 11 is 0. The number of amides is 1. The number of rotatable bonds is 4. The van der Waals surface area contributed by atoms with Gasteiger partial charge in [0.1, 0.15) is 6.04 Å². The molecule has 2 unspecified atom stereocenters. The summed E-state index contributed by atoms with van der Waals surface area (Å²) in [4.78, 5) is 36.5. The highest BCUT2D eigenvalue weighted by atomic mass is 16.5. The van der Waals surface area contributed by atoms with E-state index in [1.54, 1.807) is 0 Å². The Morgan fingerprint density at radius 2 is 1.95 bits per heavy atom. The Morgan fingerprint density at radius 3 is 2.50 bits per heavy atom. The zero-order valence-electron chi connectivity index (χ0n) is 11.7. The molecule has 0 aromatic carbocycles. The molecule has 0 aromatic heterocycles. The molecule has 0 radical (unpaired) electrons. The molecule has 0 bridgehead atoms. The van der Waals surface area contributed by atoms with Crippen LogP contribution in [0.1, 0.15) is 38.5 Å². The molecular formula is C14H21NO5. The van der Waals surface area contributed by atoms with Crippen LogP contribution >= 0.6 is 0 Å². The molecule has 2 fully saturated rings. The summed E-state index contributed by atoms with van der Waals surface area (Å²) in [7, 11) is 1.28. The van der Waals surface area contributed by atoms with Gasteiger partial charge < -0.3 is 14.7 Å². The van der Waals surface area contributed by atoms with Crippen LogP contribution in [0.15, 0.2) is 0 Å². The standard InChI is InChI=1S/C14H21NO5/c1-20-14(19)10-7-11(16)15(8-10)12(13(17)18)9-5-3-2-4-6-9/h9-10,12H,2-8H2,1H3,(H,17,18). The van der Waals surface area contributed by atoms with Gasteiger partial charge in [0.2, 0.25) is 5.91 Å². The largest absolute Gasteiger partial charge is 0.480 e. The van der Waals surface area contributed by atoms with E-state index in [9.17, 15) is 19.5 Å². The number of methoxy groups -OCH3 is 1. The van der Waals surface area contributed by atoms with Crippen LogP contribution in [0.2, 0.25) is 0 Å². The molecule has 1 amide bonds. The number of carbonyl (C=O) groups is 3. The van der Waals surface area contributed by atoms with Crippen molar-refractivity contribution in [2.45, 2.75) is 44.6 Å². The van der Waals surface area contributed by atoms with Crippen molar-refractivity contribution in [3.8, 4) is 0 Å². The molecule has 6 nitrogen and oxygen atoms in total.